The molecule has 402 valence electrons. The summed E-state index contributed by atoms with van der Waals surface area (Å²) in [5, 5.41) is 1.10. The number of thiophene rings is 2. The number of carbonyl (C=O) groups is 1. The van der Waals surface area contributed by atoms with Crippen molar-refractivity contribution in [3.8, 4) is 23.0 Å². The molecule has 0 spiro atoms. The molecule has 1 aliphatic heterocycles. The van der Waals surface area contributed by atoms with E-state index in [9.17, 15) is 4.79 Å². The van der Waals surface area contributed by atoms with Gasteiger partial charge in [-0.3, -0.25) is 10.2 Å². The molecular weight excluding hydrogens is 953 g/mol. The van der Waals surface area contributed by atoms with Crippen molar-refractivity contribution in [2.75, 3.05) is 9.84 Å². The quantitative estimate of drug-likeness (QED) is 0.0239. The molecule has 5 nitrogen and oxygen atoms in total. The highest BCUT2D eigenvalue weighted by Crippen LogP contribution is 2.50. The van der Waals surface area contributed by atoms with Gasteiger partial charge in [0.2, 0.25) is 0 Å². The van der Waals surface area contributed by atoms with Crippen LogP contribution in [0.4, 0.5) is 10.7 Å². The predicted octanol–water partition coefficient (Wildman–Crippen LogP) is 23.1. The van der Waals surface area contributed by atoms with Crippen LogP contribution in [0.1, 0.15) is 254 Å². The number of carbonyl (C=O) groups excluding carboxylic acids is 1. The average Bonchev–Trinajstić information content (AvgIpc) is 4.12. The molecule has 2 aromatic heterocycles. The molecule has 0 bridgehead atoms. The monoisotopic (exact) mass is 1050 g/mol. The van der Waals surface area contributed by atoms with Gasteiger partial charge in [0.15, 0.2) is 17.8 Å². The maximum atomic E-state index is 11.5. The second-order valence-corrected chi connectivity index (χ2v) is 24.7. The largest absolute Gasteiger partial charge is 0.453 e. The van der Waals surface area contributed by atoms with Gasteiger partial charge in [0, 0.05) is 33.5 Å². The van der Waals surface area contributed by atoms with E-state index in [1.807, 2.05) is 6.07 Å². The fourth-order valence-corrected chi connectivity index (χ4v) is 14.1. The van der Waals surface area contributed by atoms with Crippen molar-refractivity contribution < 1.29 is 14.3 Å². The lowest BCUT2D eigenvalue weighted by Gasteiger charge is -2.19. The number of aryl methyl sites for hydroxylation is 2. The van der Waals surface area contributed by atoms with E-state index >= 15 is 0 Å². The molecule has 0 atom stereocenters. The molecule has 73 heavy (non-hydrogen) atoms. The van der Waals surface area contributed by atoms with Crippen LogP contribution >= 0.6 is 34.6 Å². The number of nitrogens with zero attached hydrogens (tertiary/aromatic N) is 1. The Morgan fingerprint density at radius 3 is 1.33 bits per heavy atom. The zero-order valence-electron chi connectivity index (χ0n) is 46.1. The van der Waals surface area contributed by atoms with Crippen molar-refractivity contribution >= 4 is 61.0 Å². The number of ether oxygens (including phenoxy) is 2. The van der Waals surface area contributed by atoms with Gasteiger partial charge in [-0.2, -0.15) is 0 Å². The summed E-state index contributed by atoms with van der Waals surface area (Å²) in [4.78, 5) is 13.4. The Morgan fingerprint density at radius 1 is 0.466 bits per heavy atom. The van der Waals surface area contributed by atoms with Crippen LogP contribution in [0.25, 0.3) is 9.40 Å². The smallest absolute Gasteiger partial charge is 0.172 e. The highest BCUT2D eigenvalue weighted by Gasteiger charge is 2.27. The zero-order valence-corrected chi connectivity index (χ0v) is 48.5. The molecule has 3 aromatic carbocycles. The number of nitrogens with one attached hydrogen (secondary N) is 1. The highest BCUT2D eigenvalue weighted by molar-refractivity contribution is 8.01. The van der Waals surface area contributed by atoms with Crippen LogP contribution in [0.5, 0.6) is 23.0 Å². The Bertz CT molecular complexity index is 2090. The average molecular weight is 1050 g/mol. The summed E-state index contributed by atoms with van der Waals surface area (Å²) >= 11 is 4.92. The van der Waals surface area contributed by atoms with Crippen LogP contribution in [0.3, 0.4) is 0 Å². The number of hydrazine groups is 1. The summed E-state index contributed by atoms with van der Waals surface area (Å²) in [6, 6.07) is 25.9. The second kappa shape index (κ2) is 35.0. The summed E-state index contributed by atoms with van der Waals surface area (Å²) in [5.41, 5.74) is 7.21. The molecule has 0 amide bonds. The van der Waals surface area contributed by atoms with Gasteiger partial charge in [-0.05, 0) is 72.9 Å². The Hall–Kier alpha value is -3.46. The summed E-state index contributed by atoms with van der Waals surface area (Å²) in [7, 11) is 0. The first-order valence-corrected chi connectivity index (χ1v) is 32.3. The Kier molecular flexibility index (Phi) is 28.2. The van der Waals surface area contributed by atoms with E-state index in [0.29, 0.717) is 0 Å². The predicted molar refractivity (Wildman–Crippen MR) is 321 cm³/mol. The number of hydrogen-bond acceptors (Lipinski definition) is 8. The minimum atomic E-state index is 0.723. The second-order valence-electron chi connectivity index (χ2n) is 21.5. The normalized spacial score (nSPS) is 12.4. The van der Waals surface area contributed by atoms with Gasteiger partial charge in [0.1, 0.15) is 16.5 Å². The van der Waals surface area contributed by atoms with Crippen molar-refractivity contribution in [3.05, 3.63) is 88.8 Å². The number of para-hydroxylation sites is 2. The van der Waals surface area contributed by atoms with Crippen LogP contribution < -0.4 is 19.3 Å². The topological polar surface area (TPSA) is 50.8 Å². The first-order valence-electron chi connectivity index (χ1n) is 29.9. The fraction of sp³-hybridized carbons (Fsp3) is 0.615. The standard InChI is InChI=1S/C65H96N2O3S3/c1-5-9-13-17-21-25-35-52(36-26-22-18-14-10-6-2)39-33-43-54-41-29-31-45-58(54)69-60-48-57-62(73-67(66-57)65-50-64-63(72-65)47-56(51-68)71-64)49-61(60)70-59-46-32-30-42-55(59)44-34-40-53(37-27-23-19-15-11-7-3)38-28-24-20-16-12-8-4/h29-32,41-42,45-53,66H,5-28,33-40,43-44H2,1-4H3. The van der Waals surface area contributed by atoms with Crippen LogP contribution in [0, 0.1) is 11.8 Å². The van der Waals surface area contributed by atoms with Crippen molar-refractivity contribution in [1.29, 1.82) is 0 Å². The number of rotatable bonds is 42. The number of fused-ring (bicyclic) bond motifs is 2. The summed E-state index contributed by atoms with van der Waals surface area (Å²) in [6.45, 7) is 9.26. The molecule has 0 saturated heterocycles. The van der Waals surface area contributed by atoms with Crippen molar-refractivity contribution in [1.82, 2.24) is 0 Å². The van der Waals surface area contributed by atoms with Gasteiger partial charge in [0.25, 0.3) is 0 Å². The SMILES string of the molecule is CCCCCCCCC(CCCCCCCC)CCCc1ccccc1Oc1cc2c(cc1Oc1ccccc1CCCC(CCCCCCCC)CCCCCCCC)SN(c1cc3sc(C=O)cc3s1)N2. The minimum absolute atomic E-state index is 0.723. The third-order valence-electron chi connectivity index (χ3n) is 15.4. The summed E-state index contributed by atoms with van der Waals surface area (Å²) in [5.74, 6) is 4.92. The highest BCUT2D eigenvalue weighted by atomic mass is 32.2. The number of benzene rings is 3. The van der Waals surface area contributed by atoms with E-state index in [2.05, 4.69) is 104 Å². The van der Waals surface area contributed by atoms with Gasteiger partial charge >= 0.3 is 0 Å². The van der Waals surface area contributed by atoms with Crippen LogP contribution in [-0.2, 0) is 12.8 Å². The van der Waals surface area contributed by atoms with Crippen molar-refractivity contribution in [3.63, 3.8) is 0 Å². The van der Waals surface area contributed by atoms with Crippen molar-refractivity contribution in [2.24, 2.45) is 11.8 Å². The van der Waals surface area contributed by atoms with E-state index < -0.39 is 0 Å². The molecule has 1 aliphatic rings. The number of anilines is 2. The molecule has 3 heterocycles. The lowest BCUT2D eigenvalue weighted by molar-refractivity contribution is 0.112. The van der Waals surface area contributed by atoms with Crippen LogP contribution in [0.15, 0.2) is 77.7 Å². The van der Waals surface area contributed by atoms with Crippen LogP contribution in [0.2, 0.25) is 0 Å². The minimum Gasteiger partial charge on any atom is -0.453 e. The maximum absolute atomic E-state index is 11.5. The van der Waals surface area contributed by atoms with E-state index in [0.717, 1.165) is 83.8 Å². The molecule has 0 unspecified atom stereocenters. The number of unbranched alkanes of at least 4 members (excludes halogenated alkanes) is 20. The van der Waals surface area contributed by atoms with Gasteiger partial charge in [-0.15, -0.1) is 22.7 Å². The fourth-order valence-electron chi connectivity index (χ4n) is 10.9. The number of aldehydes is 1. The Morgan fingerprint density at radius 2 is 0.877 bits per heavy atom. The molecular formula is C65H96N2O3S3. The van der Waals surface area contributed by atoms with Gasteiger partial charge in [-0.25, -0.2) is 4.41 Å². The molecule has 0 aliphatic carbocycles. The molecule has 6 rings (SSSR count). The molecule has 0 saturated carbocycles. The number of hydrogen-bond donors (Lipinski definition) is 1. The van der Waals surface area contributed by atoms with Crippen LogP contribution in [-0.4, -0.2) is 6.29 Å². The Labute approximate surface area is 456 Å². The van der Waals surface area contributed by atoms with E-state index in [-0.39, 0.29) is 0 Å². The molecule has 8 heteroatoms. The zero-order chi connectivity index (χ0) is 51.1. The first-order chi connectivity index (χ1) is 36.0. The van der Waals surface area contributed by atoms with Gasteiger partial charge in [-0.1, -0.05) is 257 Å². The summed E-state index contributed by atoms with van der Waals surface area (Å²) < 4.78 is 18.6. The summed E-state index contributed by atoms with van der Waals surface area (Å²) in [6.07, 6.45) is 46.4. The molecule has 0 radical (unpaired) electrons. The first kappa shape index (κ1) is 58.8. The third kappa shape index (κ3) is 20.9. The lowest BCUT2D eigenvalue weighted by atomic mass is 9.89. The Balaban J connectivity index is 1.16. The van der Waals surface area contributed by atoms with E-state index in [1.165, 1.54) is 217 Å². The maximum Gasteiger partial charge on any atom is 0.172 e. The van der Waals surface area contributed by atoms with Gasteiger partial charge in [0.05, 0.1) is 15.5 Å². The van der Waals surface area contributed by atoms with E-state index in [1.54, 1.807) is 34.6 Å². The van der Waals surface area contributed by atoms with Gasteiger partial charge < -0.3 is 9.47 Å². The lowest BCUT2D eigenvalue weighted by Crippen LogP contribution is -2.14. The molecule has 1 N–H and O–H groups in total. The molecule has 0 fully saturated rings. The van der Waals surface area contributed by atoms with E-state index in [4.69, 9.17) is 9.47 Å². The molecule has 5 aromatic rings. The third-order valence-corrected chi connectivity index (χ3v) is 18.7. The van der Waals surface area contributed by atoms with Crippen molar-refractivity contribution in [2.45, 2.75) is 251 Å².